The Kier molecular flexibility index (Phi) is 4.47. The van der Waals surface area contributed by atoms with Crippen LogP contribution in [-0.4, -0.2) is 20.6 Å². The smallest absolute Gasteiger partial charge is 0.165 e. The number of rotatable bonds is 5. The highest BCUT2D eigenvalue weighted by Gasteiger charge is 2.01. The number of nitrogens with zero attached hydrogens (tertiary/aromatic N) is 2. The Bertz CT molecular complexity index is 680. The van der Waals surface area contributed by atoms with Gasteiger partial charge in [0, 0.05) is 11.9 Å². The molecule has 0 heterocycles. The molecule has 5 nitrogen and oxygen atoms in total. The molecular weight excluding hydrogens is 274 g/mol. The van der Waals surface area contributed by atoms with Gasteiger partial charge in [-0.05, 0) is 36.4 Å². The lowest BCUT2D eigenvalue weighted by atomic mass is 10.3. The normalized spacial score (nSPS) is 11.7. The van der Waals surface area contributed by atoms with E-state index in [1.807, 2.05) is 30.3 Å². The molecule has 0 radical (unpaired) electrons. The van der Waals surface area contributed by atoms with Crippen molar-refractivity contribution in [1.82, 2.24) is 0 Å². The van der Waals surface area contributed by atoms with E-state index in [4.69, 9.17) is 0 Å². The van der Waals surface area contributed by atoms with Gasteiger partial charge in [-0.15, -0.1) is 0 Å². The zero-order chi connectivity index (χ0) is 14.4. The molecule has 2 aromatic rings. The molecule has 0 bridgehead atoms. The van der Waals surface area contributed by atoms with Gasteiger partial charge in [0.2, 0.25) is 0 Å². The molecule has 0 fully saturated rings. The third-order valence-corrected chi connectivity index (χ3v) is 3.11. The molecule has 0 aliphatic heterocycles. The highest BCUT2D eigenvalue weighted by atomic mass is 32.2. The van der Waals surface area contributed by atoms with E-state index in [9.17, 15) is 8.42 Å². The lowest BCUT2D eigenvalue weighted by molar-refractivity contribution is 0.603. The van der Waals surface area contributed by atoms with Gasteiger partial charge < -0.3 is 5.32 Å². The highest BCUT2D eigenvalue weighted by Crippen LogP contribution is 2.19. The molecule has 0 saturated carbocycles. The molecule has 0 atom stereocenters. The minimum absolute atomic E-state index is 0.0854. The van der Waals surface area contributed by atoms with Crippen LogP contribution >= 0.6 is 0 Å². The molecule has 0 aliphatic carbocycles. The predicted octanol–water partition coefficient (Wildman–Crippen LogP) is 3.52. The number of nitrogens with one attached hydrogen (secondary N) is 1. The zero-order valence-electron chi connectivity index (χ0n) is 11.0. The lowest BCUT2D eigenvalue weighted by Gasteiger charge is -2.04. The van der Waals surface area contributed by atoms with Crippen LogP contribution in [-0.2, 0) is 9.84 Å². The molecule has 104 valence electrons. The fourth-order valence-electron chi connectivity index (χ4n) is 1.47. The first-order chi connectivity index (χ1) is 9.53. The maximum atomic E-state index is 11.0. The summed E-state index contributed by atoms with van der Waals surface area (Å²) < 4.78 is 22.1. The number of azo groups is 1. The molecule has 0 aliphatic rings. The second-order valence-corrected chi connectivity index (χ2v) is 6.47. The maximum Gasteiger partial charge on any atom is 0.165 e. The van der Waals surface area contributed by atoms with Gasteiger partial charge in [0.15, 0.2) is 9.84 Å². The molecule has 20 heavy (non-hydrogen) atoms. The van der Waals surface area contributed by atoms with E-state index in [1.54, 1.807) is 24.3 Å². The number of anilines is 1. The van der Waals surface area contributed by atoms with Gasteiger partial charge in [0.25, 0.3) is 0 Å². The van der Waals surface area contributed by atoms with E-state index in [2.05, 4.69) is 15.5 Å². The van der Waals surface area contributed by atoms with Gasteiger partial charge in [-0.2, -0.15) is 10.2 Å². The molecule has 0 saturated heterocycles. The predicted molar refractivity (Wildman–Crippen MR) is 80.4 cm³/mol. The molecule has 2 aromatic carbocycles. The third-order valence-electron chi connectivity index (χ3n) is 2.44. The summed E-state index contributed by atoms with van der Waals surface area (Å²) in [6.45, 7) is 0. The van der Waals surface area contributed by atoms with Gasteiger partial charge in [-0.25, -0.2) is 8.42 Å². The summed E-state index contributed by atoms with van der Waals surface area (Å²) in [6.07, 6.45) is 1.18. The molecule has 6 heteroatoms. The molecular formula is C14H15N3O2S. The first kappa shape index (κ1) is 14.2. The van der Waals surface area contributed by atoms with Crippen LogP contribution in [0.4, 0.5) is 17.1 Å². The minimum Gasteiger partial charge on any atom is -0.372 e. The summed E-state index contributed by atoms with van der Waals surface area (Å²) in [5.74, 6) is -0.0854. The van der Waals surface area contributed by atoms with Crippen molar-refractivity contribution in [2.24, 2.45) is 10.2 Å². The summed E-state index contributed by atoms with van der Waals surface area (Å²) in [4.78, 5) is 0. The zero-order valence-corrected chi connectivity index (χ0v) is 11.8. The van der Waals surface area contributed by atoms with E-state index in [-0.39, 0.29) is 5.88 Å². The number of sulfone groups is 1. The summed E-state index contributed by atoms with van der Waals surface area (Å²) in [5.41, 5.74) is 2.22. The van der Waals surface area contributed by atoms with Crippen LogP contribution in [0.3, 0.4) is 0 Å². The summed E-state index contributed by atoms with van der Waals surface area (Å²) in [5, 5.41) is 11.0. The molecule has 0 spiro atoms. The van der Waals surface area contributed by atoms with Crippen molar-refractivity contribution in [3.05, 3.63) is 54.6 Å². The SMILES string of the molecule is CS(=O)(=O)CNc1ccc(N=Nc2ccccc2)cc1. The first-order valence-electron chi connectivity index (χ1n) is 6.01. The van der Waals surface area contributed by atoms with E-state index in [1.165, 1.54) is 6.26 Å². The van der Waals surface area contributed by atoms with Crippen molar-refractivity contribution in [3.63, 3.8) is 0 Å². The molecule has 1 N–H and O–H groups in total. The standard InChI is InChI=1S/C14H15N3O2S/c1-20(18,19)11-15-12-7-9-14(10-8-12)17-16-13-5-3-2-4-6-13/h2-10,15H,11H2,1H3. The average Bonchev–Trinajstić information content (AvgIpc) is 2.44. The van der Waals surface area contributed by atoms with Crippen molar-refractivity contribution in [3.8, 4) is 0 Å². The fraction of sp³-hybridized carbons (Fsp3) is 0.143. The van der Waals surface area contributed by atoms with Gasteiger partial charge in [0.05, 0.1) is 11.4 Å². The van der Waals surface area contributed by atoms with Crippen LogP contribution < -0.4 is 5.32 Å². The maximum absolute atomic E-state index is 11.0. The highest BCUT2D eigenvalue weighted by molar-refractivity contribution is 7.90. The molecule has 0 aromatic heterocycles. The van der Waals surface area contributed by atoms with Crippen molar-refractivity contribution in [2.45, 2.75) is 0 Å². The Morgan fingerprint density at radius 3 is 2.00 bits per heavy atom. The third kappa shape index (κ3) is 4.81. The van der Waals surface area contributed by atoms with Crippen molar-refractivity contribution < 1.29 is 8.42 Å². The topological polar surface area (TPSA) is 70.9 Å². The summed E-state index contributed by atoms with van der Waals surface area (Å²) in [7, 11) is -3.03. The number of benzene rings is 2. The van der Waals surface area contributed by atoms with Crippen LogP contribution in [0.5, 0.6) is 0 Å². The van der Waals surface area contributed by atoms with Crippen LogP contribution in [0, 0.1) is 0 Å². The van der Waals surface area contributed by atoms with Gasteiger partial charge >= 0.3 is 0 Å². The Morgan fingerprint density at radius 1 is 0.900 bits per heavy atom. The Morgan fingerprint density at radius 2 is 1.45 bits per heavy atom. The Balaban J connectivity index is 2.00. The molecule has 2 rings (SSSR count). The Labute approximate surface area is 118 Å². The van der Waals surface area contributed by atoms with E-state index in [0.29, 0.717) is 5.69 Å². The molecule has 0 amide bonds. The number of hydrogen-bond donors (Lipinski definition) is 1. The van der Waals surface area contributed by atoms with Crippen LogP contribution in [0.2, 0.25) is 0 Å². The summed E-state index contributed by atoms with van der Waals surface area (Å²) >= 11 is 0. The van der Waals surface area contributed by atoms with E-state index < -0.39 is 9.84 Å². The average molecular weight is 289 g/mol. The van der Waals surface area contributed by atoms with Gasteiger partial charge in [-0.3, -0.25) is 0 Å². The van der Waals surface area contributed by atoms with Gasteiger partial charge in [0.1, 0.15) is 5.88 Å². The lowest BCUT2D eigenvalue weighted by Crippen LogP contribution is -2.12. The quantitative estimate of drug-likeness (QED) is 0.856. The van der Waals surface area contributed by atoms with Crippen molar-refractivity contribution in [1.29, 1.82) is 0 Å². The van der Waals surface area contributed by atoms with Crippen molar-refractivity contribution >= 4 is 26.9 Å². The molecule has 0 unspecified atom stereocenters. The second-order valence-electron chi connectivity index (χ2n) is 4.33. The van der Waals surface area contributed by atoms with Crippen LogP contribution in [0.25, 0.3) is 0 Å². The first-order valence-corrected chi connectivity index (χ1v) is 8.07. The monoisotopic (exact) mass is 289 g/mol. The van der Waals surface area contributed by atoms with Gasteiger partial charge in [-0.1, -0.05) is 18.2 Å². The fourth-order valence-corrected chi connectivity index (χ4v) is 1.90. The largest absolute Gasteiger partial charge is 0.372 e. The number of hydrogen-bond acceptors (Lipinski definition) is 5. The van der Waals surface area contributed by atoms with E-state index >= 15 is 0 Å². The van der Waals surface area contributed by atoms with Crippen molar-refractivity contribution in [2.75, 3.05) is 17.4 Å². The minimum atomic E-state index is -3.03. The van der Waals surface area contributed by atoms with Crippen LogP contribution in [0.1, 0.15) is 0 Å². The van der Waals surface area contributed by atoms with Crippen LogP contribution in [0.15, 0.2) is 64.8 Å². The van der Waals surface area contributed by atoms with E-state index in [0.717, 1.165) is 11.4 Å². The second kappa shape index (κ2) is 6.29. The summed E-state index contributed by atoms with van der Waals surface area (Å²) in [6, 6.07) is 16.5. The Hall–Kier alpha value is -2.21.